The number of nitrogens with zero attached hydrogens (tertiary/aromatic N) is 1. The molecule has 1 amide bonds. The van der Waals surface area contributed by atoms with Crippen LogP contribution in [0.1, 0.15) is 15.9 Å². The minimum Gasteiger partial charge on any atom is -0.497 e. The number of anilines is 1. The lowest BCUT2D eigenvalue weighted by Crippen LogP contribution is -2.29. The van der Waals surface area contributed by atoms with E-state index in [1.807, 2.05) is 0 Å². The van der Waals surface area contributed by atoms with Crippen LogP contribution < -0.4 is 23.8 Å². The molecule has 0 aliphatic heterocycles. The Morgan fingerprint density at radius 1 is 0.943 bits per heavy atom. The van der Waals surface area contributed by atoms with E-state index in [2.05, 4.69) is 5.32 Å². The van der Waals surface area contributed by atoms with Crippen molar-refractivity contribution < 1.29 is 27.4 Å². The van der Waals surface area contributed by atoms with Crippen molar-refractivity contribution >= 4 is 33.2 Å². The largest absolute Gasteiger partial charge is 0.497 e. The van der Waals surface area contributed by atoms with Crippen LogP contribution in [0.25, 0.3) is 0 Å². The molecule has 0 atom stereocenters. The number of carbonyl (C=O) groups excluding carboxylic acids is 1. The lowest BCUT2D eigenvalue weighted by molar-refractivity contribution is 0.0947. The minimum absolute atomic E-state index is 0.0824. The summed E-state index contributed by atoms with van der Waals surface area (Å²) in [6.45, 7) is 0.718. The fourth-order valence-corrected chi connectivity index (χ4v) is 4.38. The molecule has 0 unspecified atom stereocenters. The third-order valence-electron chi connectivity index (χ3n) is 5.08. The Balaban J connectivity index is 1.58. The van der Waals surface area contributed by atoms with Crippen molar-refractivity contribution in [3.8, 4) is 17.2 Å². The van der Waals surface area contributed by atoms with E-state index in [1.165, 1.54) is 17.5 Å². The molecule has 0 bridgehead atoms. The predicted molar refractivity (Wildman–Crippen MR) is 136 cm³/mol. The van der Waals surface area contributed by atoms with Gasteiger partial charge in [0, 0.05) is 5.56 Å². The van der Waals surface area contributed by atoms with E-state index in [1.54, 1.807) is 67.8 Å². The zero-order chi connectivity index (χ0) is 25.4. The van der Waals surface area contributed by atoms with Gasteiger partial charge in [-0.05, 0) is 60.2 Å². The first-order valence-corrected chi connectivity index (χ1v) is 12.9. The van der Waals surface area contributed by atoms with E-state index in [4.69, 9.17) is 25.8 Å². The van der Waals surface area contributed by atoms with E-state index < -0.39 is 10.0 Å². The zero-order valence-electron chi connectivity index (χ0n) is 19.7. The Labute approximate surface area is 210 Å². The highest BCUT2D eigenvalue weighted by atomic mass is 35.5. The molecule has 0 aliphatic carbocycles. The maximum Gasteiger partial charge on any atom is 0.251 e. The molecule has 1 N–H and O–H groups in total. The molecule has 3 rings (SSSR count). The van der Waals surface area contributed by atoms with Crippen LogP contribution >= 0.6 is 11.6 Å². The van der Waals surface area contributed by atoms with Crippen molar-refractivity contribution in [1.82, 2.24) is 5.32 Å². The van der Waals surface area contributed by atoms with Gasteiger partial charge in [-0.1, -0.05) is 23.7 Å². The highest BCUT2D eigenvalue weighted by Gasteiger charge is 2.19. The van der Waals surface area contributed by atoms with Crippen LogP contribution in [0.15, 0.2) is 66.7 Å². The van der Waals surface area contributed by atoms with Crippen LogP contribution in [0.5, 0.6) is 17.2 Å². The minimum atomic E-state index is -3.59. The average molecular weight is 519 g/mol. The number of rotatable bonds is 11. The summed E-state index contributed by atoms with van der Waals surface area (Å²) in [4.78, 5) is 12.4. The molecule has 0 spiro atoms. The molecule has 0 aliphatic rings. The lowest BCUT2D eigenvalue weighted by Gasteiger charge is -2.23. The highest BCUT2D eigenvalue weighted by molar-refractivity contribution is 7.92. The van der Waals surface area contributed by atoms with Crippen molar-refractivity contribution in [2.45, 2.75) is 6.54 Å². The quantitative estimate of drug-likeness (QED) is 0.383. The topological polar surface area (TPSA) is 94.2 Å². The monoisotopic (exact) mass is 518 g/mol. The SMILES string of the molecule is COc1ccc(OCCNC(=O)c2ccc(CN(c3ccc(OC)c(Cl)c3)S(C)(=O)=O)cc2)cc1. The number of halogens is 1. The van der Waals surface area contributed by atoms with Crippen molar-refractivity contribution in [2.75, 3.05) is 37.9 Å². The number of hydrogen-bond donors (Lipinski definition) is 1. The van der Waals surface area contributed by atoms with E-state index in [0.717, 1.165) is 12.0 Å². The number of amides is 1. The number of ether oxygens (including phenoxy) is 3. The van der Waals surface area contributed by atoms with Gasteiger partial charge in [0.25, 0.3) is 5.91 Å². The fourth-order valence-electron chi connectivity index (χ4n) is 3.25. The molecule has 35 heavy (non-hydrogen) atoms. The number of benzene rings is 3. The number of carbonyl (C=O) groups is 1. The molecular weight excluding hydrogens is 492 g/mol. The summed E-state index contributed by atoms with van der Waals surface area (Å²) < 4.78 is 41.9. The molecule has 3 aromatic rings. The second-order valence-corrected chi connectivity index (χ2v) is 9.88. The van der Waals surface area contributed by atoms with E-state index in [9.17, 15) is 13.2 Å². The van der Waals surface area contributed by atoms with Gasteiger partial charge < -0.3 is 19.5 Å². The Bertz CT molecular complexity index is 1250. The number of hydrogen-bond acceptors (Lipinski definition) is 6. The van der Waals surface area contributed by atoms with Gasteiger partial charge in [-0.25, -0.2) is 8.42 Å². The summed E-state index contributed by atoms with van der Waals surface area (Å²) in [7, 11) is -0.506. The maximum atomic E-state index is 12.4. The smallest absolute Gasteiger partial charge is 0.251 e. The first-order valence-electron chi connectivity index (χ1n) is 10.7. The van der Waals surface area contributed by atoms with Crippen LogP contribution in [-0.2, 0) is 16.6 Å². The lowest BCUT2D eigenvalue weighted by atomic mass is 10.1. The number of nitrogens with one attached hydrogen (secondary N) is 1. The Morgan fingerprint density at radius 3 is 2.17 bits per heavy atom. The summed E-state index contributed by atoms with van der Waals surface area (Å²) in [6.07, 6.45) is 1.13. The standard InChI is InChI=1S/C25H27ClN2O6S/c1-32-21-9-11-22(12-10-21)34-15-14-27-25(29)19-6-4-18(5-7-19)17-28(35(3,30)31)20-8-13-24(33-2)23(26)16-20/h4-13,16H,14-15,17H2,1-3H3,(H,27,29). The van der Waals surface area contributed by atoms with Crippen LogP contribution in [0.3, 0.4) is 0 Å². The van der Waals surface area contributed by atoms with Gasteiger partial charge in [-0.2, -0.15) is 0 Å². The van der Waals surface area contributed by atoms with Gasteiger partial charge >= 0.3 is 0 Å². The third kappa shape index (κ3) is 7.27. The normalized spacial score (nSPS) is 11.0. The van der Waals surface area contributed by atoms with Crippen molar-refractivity contribution in [3.63, 3.8) is 0 Å². The summed E-state index contributed by atoms with van der Waals surface area (Å²) >= 11 is 6.18. The second kappa shape index (κ2) is 11.8. The van der Waals surface area contributed by atoms with Crippen molar-refractivity contribution in [1.29, 1.82) is 0 Å². The molecular formula is C25H27ClN2O6S. The molecule has 0 fully saturated rings. The number of methoxy groups -OCH3 is 2. The van der Waals surface area contributed by atoms with Crippen LogP contribution in [-0.4, -0.2) is 48.0 Å². The Kier molecular flexibility index (Phi) is 8.84. The molecule has 0 radical (unpaired) electrons. The first-order chi connectivity index (χ1) is 16.7. The molecule has 3 aromatic carbocycles. The molecule has 10 heteroatoms. The van der Waals surface area contributed by atoms with E-state index in [-0.39, 0.29) is 12.5 Å². The first kappa shape index (κ1) is 26.2. The Hall–Kier alpha value is -3.43. The molecule has 8 nitrogen and oxygen atoms in total. The molecule has 186 valence electrons. The van der Waals surface area contributed by atoms with Gasteiger partial charge in [0.2, 0.25) is 10.0 Å². The van der Waals surface area contributed by atoms with Gasteiger partial charge in [0.05, 0.1) is 44.3 Å². The zero-order valence-corrected chi connectivity index (χ0v) is 21.2. The molecule has 0 heterocycles. The van der Waals surface area contributed by atoms with Crippen molar-refractivity contribution in [2.24, 2.45) is 0 Å². The van der Waals surface area contributed by atoms with Gasteiger partial charge in [0.15, 0.2) is 0 Å². The van der Waals surface area contributed by atoms with E-state index in [0.29, 0.717) is 46.5 Å². The molecule has 0 saturated heterocycles. The predicted octanol–water partition coefficient (Wildman–Crippen LogP) is 4.13. The Morgan fingerprint density at radius 2 is 1.60 bits per heavy atom. The summed E-state index contributed by atoms with van der Waals surface area (Å²) in [5, 5.41) is 3.10. The van der Waals surface area contributed by atoms with Gasteiger partial charge in [0.1, 0.15) is 23.9 Å². The van der Waals surface area contributed by atoms with Crippen LogP contribution in [0.2, 0.25) is 5.02 Å². The number of sulfonamides is 1. The summed E-state index contributed by atoms with van der Waals surface area (Å²) in [5.41, 5.74) is 1.58. The van der Waals surface area contributed by atoms with Gasteiger partial charge in [-0.3, -0.25) is 9.10 Å². The summed E-state index contributed by atoms with van der Waals surface area (Å²) in [6, 6.07) is 18.7. The molecule has 0 saturated carbocycles. The third-order valence-corrected chi connectivity index (χ3v) is 6.52. The second-order valence-electron chi connectivity index (χ2n) is 7.57. The van der Waals surface area contributed by atoms with Crippen molar-refractivity contribution in [3.05, 3.63) is 82.9 Å². The fraction of sp³-hybridized carbons (Fsp3) is 0.240. The van der Waals surface area contributed by atoms with Gasteiger partial charge in [-0.15, -0.1) is 0 Å². The van der Waals surface area contributed by atoms with E-state index >= 15 is 0 Å². The molecule has 0 aromatic heterocycles. The average Bonchev–Trinajstić information content (AvgIpc) is 2.85. The van der Waals surface area contributed by atoms with Crippen LogP contribution in [0.4, 0.5) is 5.69 Å². The summed E-state index contributed by atoms with van der Waals surface area (Å²) in [5.74, 6) is 1.62. The van der Waals surface area contributed by atoms with Crippen LogP contribution in [0, 0.1) is 0 Å². The maximum absolute atomic E-state index is 12.4. The highest BCUT2D eigenvalue weighted by Crippen LogP contribution is 2.31.